The van der Waals surface area contributed by atoms with Gasteiger partial charge in [-0.3, -0.25) is 4.79 Å². The van der Waals surface area contributed by atoms with Crippen molar-refractivity contribution in [2.24, 2.45) is 28.6 Å². The summed E-state index contributed by atoms with van der Waals surface area (Å²) in [5, 5.41) is 10.9. The summed E-state index contributed by atoms with van der Waals surface area (Å²) >= 11 is 0. The fourth-order valence-corrected chi connectivity index (χ4v) is 7.13. The summed E-state index contributed by atoms with van der Waals surface area (Å²) in [5.74, 6) is 0.326. The van der Waals surface area contributed by atoms with Crippen LogP contribution in [0.1, 0.15) is 67.2 Å². The van der Waals surface area contributed by atoms with Crippen LogP contribution in [-0.4, -0.2) is 34.9 Å². The van der Waals surface area contributed by atoms with E-state index in [2.05, 4.69) is 34.6 Å². The first-order valence-corrected chi connectivity index (χ1v) is 10.3. The highest BCUT2D eigenvalue weighted by Crippen LogP contribution is 2.64. The lowest BCUT2D eigenvalue weighted by Crippen LogP contribution is -2.66. The molecule has 5 heteroatoms. The Morgan fingerprint density at radius 1 is 1.11 bits per heavy atom. The van der Waals surface area contributed by atoms with E-state index in [1.54, 1.807) is 0 Å². The topological polar surface area (TPSA) is 72.8 Å². The molecule has 1 heterocycles. The number of hydrogen-bond acceptors (Lipinski definition) is 5. The van der Waals surface area contributed by atoms with Gasteiger partial charge in [-0.1, -0.05) is 40.2 Å². The van der Waals surface area contributed by atoms with Crippen LogP contribution in [0.2, 0.25) is 0 Å². The number of ether oxygens (including phenoxy) is 2. The number of fused-ring (bicyclic) bond motifs is 3. The van der Waals surface area contributed by atoms with Gasteiger partial charge in [0.15, 0.2) is 11.7 Å². The second-order valence-electron chi connectivity index (χ2n) is 10.2. The maximum Gasteiger partial charge on any atom is 0.509 e. The van der Waals surface area contributed by atoms with Gasteiger partial charge in [-0.25, -0.2) is 4.79 Å². The van der Waals surface area contributed by atoms with Crippen LogP contribution in [0.5, 0.6) is 0 Å². The van der Waals surface area contributed by atoms with Crippen LogP contribution in [0.15, 0.2) is 11.1 Å². The average Bonchev–Trinajstić information content (AvgIpc) is 2.86. The van der Waals surface area contributed by atoms with Crippen LogP contribution in [0.25, 0.3) is 0 Å². The SMILES string of the molecule is CC1=C2[C@H](C)C[C@]3(C)[C@@H](C)CCC(=O)[C@H]3[C@@H]3OC(=O)OC3(C[C@H]1O)C2(C)C. The minimum absolute atomic E-state index is 0.172. The molecule has 27 heavy (non-hydrogen) atoms. The van der Waals surface area contributed by atoms with Gasteiger partial charge in [0.2, 0.25) is 0 Å². The molecule has 0 aromatic heterocycles. The lowest BCUT2D eigenvalue weighted by atomic mass is 9.46. The Bertz CT molecular complexity index is 737. The summed E-state index contributed by atoms with van der Waals surface area (Å²) in [7, 11) is 0. The summed E-state index contributed by atoms with van der Waals surface area (Å²) in [6.45, 7) is 12.8. The molecule has 0 aromatic rings. The Labute approximate surface area is 161 Å². The minimum atomic E-state index is -1.01. The molecule has 7 atom stereocenters. The van der Waals surface area contributed by atoms with Gasteiger partial charge >= 0.3 is 6.16 Å². The van der Waals surface area contributed by atoms with E-state index in [0.717, 1.165) is 24.0 Å². The molecule has 1 spiro atoms. The van der Waals surface area contributed by atoms with E-state index in [9.17, 15) is 14.7 Å². The molecule has 150 valence electrons. The van der Waals surface area contributed by atoms with Crippen molar-refractivity contribution in [3.63, 3.8) is 0 Å². The number of ketones is 1. The predicted octanol–water partition coefficient (Wildman–Crippen LogP) is 4.03. The molecule has 2 saturated carbocycles. The Kier molecular flexibility index (Phi) is 3.93. The molecule has 4 rings (SSSR count). The van der Waals surface area contributed by atoms with Crippen LogP contribution >= 0.6 is 0 Å². The highest BCUT2D eigenvalue weighted by atomic mass is 16.8. The molecule has 1 unspecified atom stereocenters. The largest absolute Gasteiger partial charge is 0.509 e. The van der Waals surface area contributed by atoms with E-state index in [1.807, 2.05) is 6.92 Å². The summed E-state index contributed by atoms with van der Waals surface area (Å²) < 4.78 is 11.7. The molecule has 1 aliphatic heterocycles. The molecule has 0 radical (unpaired) electrons. The van der Waals surface area contributed by atoms with Crippen LogP contribution in [-0.2, 0) is 14.3 Å². The van der Waals surface area contributed by atoms with Crippen molar-refractivity contribution in [1.82, 2.24) is 0 Å². The third-order valence-electron chi connectivity index (χ3n) is 8.65. The van der Waals surface area contributed by atoms with Crippen molar-refractivity contribution in [3.8, 4) is 0 Å². The third-order valence-corrected chi connectivity index (χ3v) is 8.65. The van der Waals surface area contributed by atoms with Crippen LogP contribution in [0, 0.1) is 28.6 Å². The number of hydrogen-bond donors (Lipinski definition) is 1. The van der Waals surface area contributed by atoms with Gasteiger partial charge in [0.05, 0.1) is 12.0 Å². The van der Waals surface area contributed by atoms with Gasteiger partial charge in [0, 0.05) is 18.3 Å². The van der Waals surface area contributed by atoms with Crippen molar-refractivity contribution in [2.75, 3.05) is 0 Å². The van der Waals surface area contributed by atoms with Gasteiger partial charge in [-0.05, 0) is 42.6 Å². The lowest BCUT2D eigenvalue weighted by molar-refractivity contribution is -0.167. The van der Waals surface area contributed by atoms with E-state index in [-0.39, 0.29) is 29.5 Å². The molecule has 4 aliphatic rings. The third kappa shape index (κ3) is 2.21. The van der Waals surface area contributed by atoms with E-state index >= 15 is 0 Å². The molecule has 1 saturated heterocycles. The molecule has 1 N–H and O–H groups in total. The standard InChI is InChI=1S/C22H32O5/c1-11-9-21(6)12(2)7-8-14(23)17(21)18-22(27-19(25)26-18)10-15(24)13(3)16(11)20(22,4)5/h11-12,15,17-18,24H,7-10H2,1-6H3/t11-,12+,15-,17+,18+,21-,22?/m1/s1. The van der Waals surface area contributed by atoms with Gasteiger partial charge in [-0.2, -0.15) is 0 Å². The first-order chi connectivity index (χ1) is 12.5. The second kappa shape index (κ2) is 5.59. The predicted molar refractivity (Wildman–Crippen MR) is 100.0 cm³/mol. The van der Waals surface area contributed by atoms with E-state index in [0.29, 0.717) is 12.3 Å². The highest BCUT2D eigenvalue weighted by Gasteiger charge is 2.71. The summed E-state index contributed by atoms with van der Waals surface area (Å²) in [5.41, 5.74) is 0.370. The molecular formula is C22H32O5. The maximum atomic E-state index is 13.2. The van der Waals surface area contributed by atoms with E-state index in [4.69, 9.17) is 9.47 Å². The number of aliphatic hydroxyl groups is 1. The average molecular weight is 376 g/mol. The van der Waals surface area contributed by atoms with Crippen molar-refractivity contribution in [2.45, 2.75) is 85.0 Å². The number of rotatable bonds is 0. The van der Waals surface area contributed by atoms with Crippen molar-refractivity contribution in [1.29, 1.82) is 0 Å². The maximum absolute atomic E-state index is 13.2. The quantitative estimate of drug-likeness (QED) is 0.510. The first-order valence-electron chi connectivity index (χ1n) is 10.3. The number of Topliss-reactive ketones (excluding diaryl/α,β-unsaturated/α-hetero) is 1. The molecule has 0 aromatic carbocycles. The van der Waals surface area contributed by atoms with Crippen LogP contribution in [0.4, 0.5) is 4.79 Å². The lowest BCUT2D eigenvalue weighted by Gasteiger charge is -2.59. The number of carbonyl (C=O) groups is 2. The zero-order chi connectivity index (χ0) is 19.9. The number of carbonyl (C=O) groups excluding carboxylic acids is 2. The Balaban J connectivity index is 2.01. The molecule has 2 bridgehead atoms. The second-order valence-corrected chi connectivity index (χ2v) is 10.2. The van der Waals surface area contributed by atoms with Gasteiger partial charge in [0.1, 0.15) is 5.78 Å². The molecule has 0 amide bonds. The summed E-state index contributed by atoms with van der Waals surface area (Å²) in [6.07, 6.45) is 0.479. The molecule has 3 aliphatic carbocycles. The number of aliphatic hydroxyl groups excluding tert-OH is 1. The smallest absolute Gasteiger partial charge is 0.426 e. The molecule has 3 fully saturated rings. The van der Waals surface area contributed by atoms with Crippen molar-refractivity contribution in [3.05, 3.63) is 11.1 Å². The fourth-order valence-electron chi connectivity index (χ4n) is 7.13. The summed E-state index contributed by atoms with van der Waals surface area (Å²) in [6, 6.07) is 0. The van der Waals surface area contributed by atoms with Crippen LogP contribution in [0.3, 0.4) is 0 Å². The Hall–Kier alpha value is -1.36. The highest BCUT2D eigenvalue weighted by molar-refractivity contribution is 5.84. The zero-order valence-corrected chi connectivity index (χ0v) is 17.3. The van der Waals surface area contributed by atoms with E-state index in [1.165, 1.54) is 0 Å². The molecule has 5 nitrogen and oxygen atoms in total. The van der Waals surface area contributed by atoms with E-state index < -0.39 is 29.4 Å². The fraction of sp³-hybridized carbons (Fsp3) is 0.818. The monoisotopic (exact) mass is 376 g/mol. The van der Waals surface area contributed by atoms with Crippen molar-refractivity contribution < 1.29 is 24.2 Å². The zero-order valence-electron chi connectivity index (χ0n) is 17.3. The first kappa shape index (κ1) is 19.0. The Morgan fingerprint density at radius 2 is 1.78 bits per heavy atom. The van der Waals surface area contributed by atoms with Crippen molar-refractivity contribution >= 4 is 11.9 Å². The normalized spacial score (nSPS) is 48.8. The van der Waals surface area contributed by atoms with Gasteiger partial charge < -0.3 is 14.6 Å². The van der Waals surface area contributed by atoms with Crippen LogP contribution < -0.4 is 0 Å². The van der Waals surface area contributed by atoms with Gasteiger partial charge in [0.25, 0.3) is 0 Å². The Morgan fingerprint density at radius 3 is 2.44 bits per heavy atom. The summed E-state index contributed by atoms with van der Waals surface area (Å²) in [4.78, 5) is 25.6. The van der Waals surface area contributed by atoms with Gasteiger partial charge in [-0.15, -0.1) is 0 Å². The molecular weight excluding hydrogens is 344 g/mol. The minimum Gasteiger partial charge on any atom is -0.426 e.